The summed E-state index contributed by atoms with van der Waals surface area (Å²) in [7, 11) is 0. The molecule has 2 fully saturated rings. The highest BCUT2D eigenvalue weighted by Gasteiger charge is 2.28. The Morgan fingerprint density at radius 3 is 2.75 bits per heavy atom. The number of piperazine rings is 1. The summed E-state index contributed by atoms with van der Waals surface area (Å²) in [4.78, 5) is 2.57. The van der Waals surface area contributed by atoms with E-state index < -0.39 is 0 Å². The van der Waals surface area contributed by atoms with Crippen LogP contribution in [0.25, 0.3) is 0 Å². The van der Waals surface area contributed by atoms with Crippen LogP contribution in [0.1, 0.15) is 49.1 Å². The fourth-order valence-corrected chi connectivity index (χ4v) is 3.79. The lowest BCUT2D eigenvalue weighted by Gasteiger charge is -2.39. The third-order valence-corrected chi connectivity index (χ3v) is 5.07. The molecule has 2 heterocycles. The maximum atomic E-state index is 5.29. The zero-order chi connectivity index (χ0) is 13.9. The largest absolute Gasteiger partial charge is 0.361 e. The van der Waals surface area contributed by atoms with E-state index in [-0.39, 0.29) is 0 Å². The van der Waals surface area contributed by atoms with E-state index in [0.29, 0.717) is 6.04 Å². The second kappa shape index (κ2) is 6.27. The van der Waals surface area contributed by atoms with Crippen molar-refractivity contribution in [3.8, 4) is 0 Å². The number of nitrogens with one attached hydrogen (secondary N) is 1. The van der Waals surface area contributed by atoms with Crippen molar-refractivity contribution in [2.45, 2.75) is 58.5 Å². The first-order valence-electron chi connectivity index (χ1n) is 8.11. The van der Waals surface area contributed by atoms with Crippen molar-refractivity contribution >= 4 is 0 Å². The third-order valence-electron chi connectivity index (χ3n) is 5.07. The van der Waals surface area contributed by atoms with Gasteiger partial charge in [0.1, 0.15) is 5.76 Å². The number of aromatic nitrogens is 1. The number of hydrogen-bond acceptors (Lipinski definition) is 4. The van der Waals surface area contributed by atoms with Gasteiger partial charge in [0, 0.05) is 37.8 Å². The van der Waals surface area contributed by atoms with Crippen LogP contribution in [0.15, 0.2) is 4.52 Å². The molecule has 0 aromatic carbocycles. The fourth-order valence-electron chi connectivity index (χ4n) is 3.79. The van der Waals surface area contributed by atoms with Crippen molar-refractivity contribution in [1.29, 1.82) is 0 Å². The van der Waals surface area contributed by atoms with Crippen LogP contribution in [-0.2, 0) is 6.54 Å². The molecule has 1 aliphatic heterocycles. The Kier molecular flexibility index (Phi) is 4.41. The summed E-state index contributed by atoms with van der Waals surface area (Å²) >= 11 is 0. The van der Waals surface area contributed by atoms with Gasteiger partial charge in [-0.2, -0.15) is 0 Å². The average molecular weight is 277 g/mol. The lowest BCUT2D eigenvalue weighted by Crippen LogP contribution is -2.53. The van der Waals surface area contributed by atoms with Crippen LogP contribution in [0, 0.1) is 19.8 Å². The summed E-state index contributed by atoms with van der Waals surface area (Å²) in [5, 5.41) is 7.82. The molecule has 3 rings (SSSR count). The summed E-state index contributed by atoms with van der Waals surface area (Å²) in [6.07, 6.45) is 7.11. The van der Waals surface area contributed by atoms with Gasteiger partial charge in [-0.15, -0.1) is 0 Å². The average Bonchev–Trinajstić information content (AvgIpc) is 2.80. The van der Waals surface area contributed by atoms with E-state index in [2.05, 4.69) is 15.4 Å². The third kappa shape index (κ3) is 3.07. The first-order chi connectivity index (χ1) is 9.74. The fraction of sp³-hybridized carbons (Fsp3) is 0.812. The molecule has 4 nitrogen and oxygen atoms in total. The van der Waals surface area contributed by atoms with E-state index in [1.807, 2.05) is 13.8 Å². The maximum absolute atomic E-state index is 5.29. The molecule has 1 atom stereocenters. The maximum Gasteiger partial charge on any atom is 0.138 e. The molecule has 0 spiro atoms. The Bertz CT molecular complexity index is 417. The van der Waals surface area contributed by atoms with Gasteiger partial charge in [0.15, 0.2) is 0 Å². The second-order valence-corrected chi connectivity index (χ2v) is 6.50. The quantitative estimate of drug-likeness (QED) is 0.922. The van der Waals surface area contributed by atoms with Gasteiger partial charge in [-0.3, -0.25) is 4.90 Å². The van der Waals surface area contributed by atoms with Crippen molar-refractivity contribution < 1.29 is 4.52 Å². The molecule has 0 bridgehead atoms. The first kappa shape index (κ1) is 14.1. The minimum atomic E-state index is 0.685. The molecule has 1 aromatic heterocycles. The standard InChI is InChI=1S/C16H27N3O/c1-12-15(13(2)20-18-12)10-19-9-8-17-16(11-19)14-6-4-3-5-7-14/h14,16-17H,3-11H2,1-2H3. The van der Waals surface area contributed by atoms with E-state index in [1.165, 1.54) is 44.2 Å². The number of rotatable bonds is 3. The molecule has 1 saturated carbocycles. The van der Waals surface area contributed by atoms with Gasteiger partial charge in [-0.1, -0.05) is 24.4 Å². The monoisotopic (exact) mass is 277 g/mol. The molecule has 1 unspecified atom stereocenters. The Morgan fingerprint density at radius 2 is 2.05 bits per heavy atom. The van der Waals surface area contributed by atoms with Crippen LogP contribution in [-0.4, -0.2) is 35.7 Å². The predicted molar refractivity (Wildman–Crippen MR) is 79.6 cm³/mol. The molecule has 1 saturated heterocycles. The van der Waals surface area contributed by atoms with E-state index >= 15 is 0 Å². The smallest absolute Gasteiger partial charge is 0.138 e. The SMILES string of the molecule is Cc1noc(C)c1CN1CCNC(C2CCCCC2)C1. The van der Waals surface area contributed by atoms with Crippen LogP contribution in [0.5, 0.6) is 0 Å². The predicted octanol–water partition coefficient (Wildman–Crippen LogP) is 2.65. The first-order valence-corrected chi connectivity index (χ1v) is 8.11. The van der Waals surface area contributed by atoms with Crippen LogP contribution in [0.2, 0.25) is 0 Å². The summed E-state index contributed by atoms with van der Waals surface area (Å²) in [6.45, 7) is 8.49. The van der Waals surface area contributed by atoms with Crippen LogP contribution >= 0.6 is 0 Å². The van der Waals surface area contributed by atoms with Gasteiger partial charge in [0.25, 0.3) is 0 Å². The number of aryl methyl sites for hydroxylation is 2. The summed E-state index contributed by atoms with van der Waals surface area (Å²) in [5.74, 6) is 1.87. The molecule has 112 valence electrons. The van der Waals surface area contributed by atoms with Gasteiger partial charge >= 0.3 is 0 Å². The zero-order valence-electron chi connectivity index (χ0n) is 12.8. The van der Waals surface area contributed by atoms with E-state index in [9.17, 15) is 0 Å². The van der Waals surface area contributed by atoms with Gasteiger partial charge in [-0.05, 0) is 32.6 Å². The van der Waals surface area contributed by atoms with Crippen molar-refractivity contribution in [2.75, 3.05) is 19.6 Å². The zero-order valence-corrected chi connectivity index (χ0v) is 12.8. The van der Waals surface area contributed by atoms with Gasteiger partial charge in [0.2, 0.25) is 0 Å². The molecule has 20 heavy (non-hydrogen) atoms. The highest BCUT2D eigenvalue weighted by Crippen LogP contribution is 2.28. The Morgan fingerprint density at radius 1 is 1.25 bits per heavy atom. The van der Waals surface area contributed by atoms with E-state index in [0.717, 1.165) is 37.0 Å². The number of nitrogens with zero attached hydrogens (tertiary/aromatic N) is 2. The highest BCUT2D eigenvalue weighted by molar-refractivity contribution is 5.20. The van der Waals surface area contributed by atoms with Crippen molar-refractivity contribution in [1.82, 2.24) is 15.4 Å². The van der Waals surface area contributed by atoms with Gasteiger partial charge in [0.05, 0.1) is 5.69 Å². The molecular weight excluding hydrogens is 250 g/mol. The topological polar surface area (TPSA) is 41.3 Å². The van der Waals surface area contributed by atoms with E-state index in [1.54, 1.807) is 0 Å². The Balaban J connectivity index is 1.60. The summed E-state index contributed by atoms with van der Waals surface area (Å²) in [6, 6.07) is 0.685. The summed E-state index contributed by atoms with van der Waals surface area (Å²) in [5.41, 5.74) is 2.34. The van der Waals surface area contributed by atoms with Gasteiger partial charge < -0.3 is 9.84 Å². The van der Waals surface area contributed by atoms with E-state index in [4.69, 9.17) is 4.52 Å². The number of hydrogen-bond donors (Lipinski definition) is 1. The van der Waals surface area contributed by atoms with Crippen LogP contribution in [0.3, 0.4) is 0 Å². The molecule has 1 aromatic rings. The molecule has 2 aliphatic rings. The van der Waals surface area contributed by atoms with Gasteiger partial charge in [-0.25, -0.2) is 0 Å². The molecule has 1 aliphatic carbocycles. The van der Waals surface area contributed by atoms with Crippen LogP contribution in [0.4, 0.5) is 0 Å². The Labute approximate surface area is 121 Å². The van der Waals surface area contributed by atoms with Crippen molar-refractivity contribution in [2.24, 2.45) is 5.92 Å². The molecule has 4 heteroatoms. The van der Waals surface area contributed by atoms with Crippen molar-refractivity contribution in [3.63, 3.8) is 0 Å². The minimum absolute atomic E-state index is 0.685. The molecule has 1 N–H and O–H groups in total. The lowest BCUT2D eigenvalue weighted by molar-refractivity contribution is 0.140. The normalized spacial score (nSPS) is 26.0. The summed E-state index contributed by atoms with van der Waals surface area (Å²) < 4.78 is 5.29. The molecular formula is C16H27N3O. The molecule has 0 amide bonds. The Hall–Kier alpha value is -0.870. The second-order valence-electron chi connectivity index (χ2n) is 6.50. The van der Waals surface area contributed by atoms with Crippen molar-refractivity contribution in [3.05, 3.63) is 17.0 Å². The van der Waals surface area contributed by atoms with Crippen LogP contribution < -0.4 is 5.32 Å². The molecule has 0 radical (unpaired) electrons. The minimum Gasteiger partial charge on any atom is -0.361 e. The lowest BCUT2D eigenvalue weighted by atomic mass is 9.83. The highest BCUT2D eigenvalue weighted by atomic mass is 16.5.